The highest BCUT2D eigenvalue weighted by molar-refractivity contribution is 7.99. The van der Waals surface area contributed by atoms with E-state index in [0.717, 1.165) is 18.1 Å². The largest absolute Gasteiger partial charge is 0.461 e. The van der Waals surface area contributed by atoms with Gasteiger partial charge in [-0.15, -0.1) is 0 Å². The molecule has 2 unspecified atom stereocenters. The molecule has 1 fully saturated rings. The quantitative estimate of drug-likeness (QED) is 0.902. The summed E-state index contributed by atoms with van der Waals surface area (Å²) in [5, 5.41) is 4.20. The number of nitrogens with zero attached hydrogens (tertiary/aromatic N) is 3. The molecule has 0 radical (unpaired) electrons. The molecule has 7 heteroatoms. The molecule has 0 aliphatic heterocycles. The molecule has 0 saturated heterocycles. The third-order valence-corrected chi connectivity index (χ3v) is 4.24. The number of hydrogen-bond acceptors (Lipinski definition) is 6. The minimum absolute atomic E-state index is 0.0127. The molecular weight excluding hydrogens is 284 g/mol. The van der Waals surface area contributed by atoms with E-state index in [-0.39, 0.29) is 17.4 Å². The summed E-state index contributed by atoms with van der Waals surface area (Å²) >= 11 is 7.81. The molecule has 1 aromatic heterocycles. The molecule has 106 valence electrons. The van der Waals surface area contributed by atoms with Crippen LogP contribution in [-0.2, 0) is 0 Å². The van der Waals surface area contributed by atoms with Gasteiger partial charge < -0.3 is 10.1 Å². The smallest absolute Gasteiger partial charge is 0.322 e. The van der Waals surface area contributed by atoms with E-state index in [2.05, 4.69) is 26.5 Å². The summed E-state index contributed by atoms with van der Waals surface area (Å²) in [4.78, 5) is 12.3. The predicted octanol–water partition coefficient (Wildman–Crippen LogP) is 3.01. The molecule has 2 atom stereocenters. The van der Waals surface area contributed by atoms with E-state index >= 15 is 0 Å². The number of rotatable bonds is 5. The van der Waals surface area contributed by atoms with Crippen LogP contribution < -0.4 is 10.1 Å². The second-order valence-corrected chi connectivity index (χ2v) is 6.37. The first-order valence-corrected chi connectivity index (χ1v) is 8.11. The van der Waals surface area contributed by atoms with Gasteiger partial charge in [-0.25, -0.2) is 0 Å². The molecule has 1 aromatic rings. The second-order valence-electron chi connectivity index (χ2n) is 4.89. The van der Waals surface area contributed by atoms with Crippen LogP contribution in [0.25, 0.3) is 0 Å². The summed E-state index contributed by atoms with van der Waals surface area (Å²) in [6, 6.07) is 0.680. The Bertz CT molecular complexity index is 432. The van der Waals surface area contributed by atoms with Crippen LogP contribution in [0.3, 0.4) is 0 Å². The van der Waals surface area contributed by atoms with Crippen molar-refractivity contribution in [3.63, 3.8) is 0 Å². The Morgan fingerprint density at radius 3 is 2.74 bits per heavy atom. The van der Waals surface area contributed by atoms with Crippen LogP contribution in [-0.4, -0.2) is 38.6 Å². The van der Waals surface area contributed by atoms with Gasteiger partial charge in [0.15, 0.2) is 0 Å². The number of ether oxygens (including phenoxy) is 1. The Morgan fingerprint density at radius 1 is 1.32 bits per heavy atom. The molecule has 19 heavy (non-hydrogen) atoms. The van der Waals surface area contributed by atoms with Crippen molar-refractivity contribution in [1.82, 2.24) is 15.0 Å². The second kappa shape index (κ2) is 6.61. The maximum Gasteiger partial charge on any atom is 0.322 e. The molecule has 0 aromatic carbocycles. The number of thioether (sulfide) groups is 1. The molecule has 0 amide bonds. The van der Waals surface area contributed by atoms with Gasteiger partial charge in [0.2, 0.25) is 11.2 Å². The first-order valence-electron chi connectivity index (χ1n) is 6.44. The molecule has 1 aliphatic rings. The van der Waals surface area contributed by atoms with Crippen molar-refractivity contribution in [2.75, 3.05) is 11.6 Å². The standard InChI is InChI=1S/C12H19ClN4OS/c1-7(2)18-12-16-10(13)15-11(17-12)14-8-4-5-9(6-8)19-3/h7-9H,4-6H2,1-3H3,(H,14,15,16,17). The minimum Gasteiger partial charge on any atom is -0.461 e. The zero-order valence-corrected chi connectivity index (χ0v) is 13.0. The van der Waals surface area contributed by atoms with Gasteiger partial charge in [-0.05, 0) is 51.0 Å². The lowest BCUT2D eigenvalue weighted by Gasteiger charge is -2.14. The fourth-order valence-corrected chi connectivity index (χ4v) is 3.08. The number of aromatic nitrogens is 3. The molecule has 1 aliphatic carbocycles. The van der Waals surface area contributed by atoms with Crippen molar-refractivity contribution in [1.29, 1.82) is 0 Å². The maximum absolute atomic E-state index is 5.89. The van der Waals surface area contributed by atoms with E-state index in [1.807, 2.05) is 25.6 Å². The Hall–Kier alpha value is -0.750. The van der Waals surface area contributed by atoms with Crippen LogP contribution >= 0.6 is 23.4 Å². The van der Waals surface area contributed by atoms with Crippen molar-refractivity contribution < 1.29 is 4.74 Å². The SMILES string of the molecule is CSC1CCC(Nc2nc(Cl)nc(OC(C)C)n2)C1. The van der Waals surface area contributed by atoms with Gasteiger partial charge in [0.25, 0.3) is 0 Å². The van der Waals surface area contributed by atoms with E-state index in [4.69, 9.17) is 16.3 Å². The maximum atomic E-state index is 5.89. The first-order chi connectivity index (χ1) is 9.06. The molecule has 1 N–H and O–H groups in total. The summed E-state index contributed by atoms with van der Waals surface area (Å²) in [6.07, 6.45) is 5.66. The number of halogens is 1. The van der Waals surface area contributed by atoms with Crippen molar-refractivity contribution in [3.05, 3.63) is 5.28 Å². The number of nitrogens with one attached hydrogen (secondary N) is 1. The van der Waals surface area contributed by atoms with Crippen LogP contribution in [0, 0.1) is 0 Å². The lowest BCUT2D eigenvalue weighted by Crippen LogP contribution is -2.19. The van der Waals surface area contributed by atoms with Crippen LogP contribution in [0.15, 0.2) is 0 Å². The summed E-state index contributed by atoms with van der Waals surface area (Å²) in [7, 11) is 0. The zero-order valence-electron chi connectivity index (χ0n) is 11.4. The van der Waals surface area contributed by atoms with Gasteiger partial charge in [-0.2, -0.15) is 26.7 Å². The summed E-state index contributed by atoms with van der Waals surface area (Å²) < 4.78 is 5.45. The monoisotopic (exact) mass is 302 g/mol. The Kier molecular flexibility index (Phi) is 5.10. The van der Waals surface area contributed by atoms with Gasteiger partial charge in [-0.3, -0.25) is 0 Å². The lowest BCUT2D eigenvalue weighted by molar-refractivity contribution is 0.222. The highest BCUT2D eigenvalue weighted by Crippen LogP contribution is 2.29. The van der Waals surface area contributed by atoms with Crippen molar-refractivity contribution in [2.45, 2.75) is 50.5 Å². The molecule has 0 spiro atoms. The van der Waals surface area contributed by atoms with Gasteiger partial charge in [-0.1, -0.05) is 0 Å². The average molecular weight is 303 g/mol. The number of hydrogen-bond donors (Lipinski definition) is 1. The Morgan fingerprint density at radius 2 is 2.11 bits per heavy atom. The van der Waals surface area contributed by atoms with Crippen molar-refractivity contribution >= 4 is 29.3 Å². The predicted molar refractivity (Wildman–Crippen MR) is 79.2 cm³/mol. The van der Waals surface area contributed by atoms with Gasteiger partial charge in [0, 0.05) is 11.3 Å². The van der Waals surface area contributed by atoms with Gasteiger partial charge in [0.05, 0.1) is 6.10 Å². The van der Waals surface area contributed by atoms with E-state index in [1.54, 1.807) is 0 Å². The minimum atomic E-state index is 0.0127. The molecule has 1 heterocycles. The van der Waals surface area contributed by atoms with E-state index in [0.29, 0.717) is 12.0 Å². The topological polar surface area (TPSA) is 59.9 Å². The fourth-order valence-electron chi connectivity index (χ4n) is 2.13. The van der Waals surface area contributed by atoms with Crippen LogP contribution in [0.5, 0.6) is 6.01 Å². The van der Waals surface area contributed by atoms with E-state index < -0.39 is 0 Å². The normalized spacial score (nSPS) is 22.8. The Labute approximate surface area is 122 Å². The summed E-state index contributed by atoms with van der Waals surface area (Å²) in [6.45, 7) is 3.84. The summed E-state index contributed by atoms with van der Waals surface area (Å²) in [5.74, 6) is 0.502. The highest BCUT2D eigenvalue weighted by Gasteiger charge is 2.24. The van der Waals surface area contributed by atoms with Crippen LogP contribution in [0.4, 0.5) is 5.95 Å². The van der Waals surface area contributed by atoms with E-state index in [9.17, 15) is 0 Å². The molecular formula is C12H19ClN4OS. The fraction of sp³-hybridized carbons (Fsp3) is 0.750. The molecule has 0 bridgehead atoms. The zero-order chi connectivity index (χ0) is 13.8. The lowest BCUT2D eigenvalue weighted by atomic mass is 10.2. The van der Waals surface area contributed by atoms with Crippen molar-refractivity contribution in [3.8, 4) is 6.01 Å². The highest BCUT2D eigenvalue weighted by atomic mass is 35.5. The first kappa shape index (κ1) is 14.7. The molecule has 1 saturated carbocycles. The number of anilines is 1. The van der Waals surface area contributed by atoms with E-state index in [1.165, 1.54) is 6.42 Å². The average Bonchev–Trinajstić information content (AvgIpc) is 2.74. The summed E-state index contributed by atoms with van der Waals surface area (Å²) in [5.41, 5.74) is 0. The van der Waals surface area contributed by atoms with Crippen LogP contribution in [0.2, 0.25) is 5.28 Å². The van der Waals surface area contributed by atoms with Gasteiger partial charge >= 0.3 is 6.01 Å². The third-order valence-electron chi connectivity index (χ3n) is 2.98. The third kappa shape index (κ3) is 4.38. The van der Waals surface area contributed by atoms with Crippen molar-refractivity contribution in [2.24, 2.45) is 0 Å². The Balaban J connectivity index is 2.02. The molecule has 5 nitrogen and oxygen atoms in total. The van der Waals surface area contributed by atoms with Gasteiger partial charge in [0.1, 0.15) is 0 Å². The molecule has 2 rings (SSSR count). The van der Waals surface area contributed by atoms with Crippen LogP contribution in [0.1, 0.15) is 33.1 Å².